The van der Waals surface area contributed by atoms with E-state index >= 15 is 0 Å². The van der Waals surface area contributed by atoms with Crippen LogP contribution in [0, 0.1) is 0 Å². The predicted octanol–water partition coefficient (Wildman–Crippen LogP) is 3.63. The lowest BCUT2D eigenvalue weighted by Gasteiger charge is -2.11. The van der Waals surface area contributed by atoms with Crippen molar-refractivity contribution in [3.63, 3.8) is 0 Å². The van der Waals surface area contributed by atoms with Gasteiger partial charge < -0.3 is 10.1 Å². The third-order valence-corrected chi connectivity index (χ3v) is 3.12. The number of ether oxygens (including phenoxy) is 1. The van der Waals surface area contributed by atoms with Crippen molar-refractivity contribution >= 4 is 11.6 Å². The lowest BCUT2D eigenvalue weighted by atomic mass is 10.0. The maximum atomic E-state index is 11.5. The third-order valence-electron chi connectivity index (χ3n) is 3.12. The molecule has 0 saturated carbocycles. The van der Waals surface area contributed by atoms with Crippen LogP contribution in [-0.4, -0.2) is 13.0 Å². The Labute approximate surface area is 119 Å². The summed E-state index contributed by atoms with van der Waals surface area (Å²) in [4.78, 5) is 11.5. The molecule has 104 valence electrons. The molecule has 3 nitrogen and oxygen atoms in total. The van der Waals surface area contributed by atoms with Crippen LogP contribution in [0.1, 0.15) is 24.5 Å². The Hall–Kier alpha value is -2.29. The lowest BCUT2D eigenvalue weighted by Crippen LogP contribution is -2.09. The van der Waals surface area contributed by atoms with Gasteiger partial charge in [-0.2, -0.15) is 0 Å². The van der Waals surface area contributed by atoms with Crippen LogP contribution in [-0.2, 0) is 11.2 Å². The summed E-state index contributed by atoms with van der Waals surface area (Å²) >= 11 is 0. The number of benzene rings is 2. The Morgan fingerprint density at radius 3 is 2.55 bits per heavy atom. The van der Waals surface area contributed by atoms with E-state index in [0.717, 1.165) is 23.4 Å². The SMILES string of the molecule is CCC(=O)Nc1ccc(OC)c(Cc2ccccc2)c1. The molecule has 0 saturated heterocycles. The van der Waals surface area contributed by atoms with Gasteiger partial charge in [0, 0.05) is 24.1 Å². The molecular formula is C17H19NO2. The van der Waals surface area contributed by atoms with Gasteiger partial charge >= 0.3 is 0 Å². The van der Waals surface area contributed by atoms with Gasteiger partial charge in [0.25, 0.3) is 0 Å². The minimum absolute atomic E-state index is 0.0147. The van der Waals surface area contributed by atoms with Crippen LogP contribution in [0.15, 0.2) is 48.5 Å². The second-order valence-electron chi connectivity index (χ2n) is 4.59. The first kappa shape index (κ1) is 14.1. The summed E-state index contributed by atoms with van der Waals surface area (Å²) in [5.74, 6) is 0.851. The number of hydrogen-bond donors (Lipinski definition) is 1. The molecule has 0 atom stereocenters. The van der Waals surface area contributed by atoms with Gasteiger partial charge in [-0.25, -0.2) is 0 Å². The number of carbonyl (C=O) groups excluding carboxylic acids is 1. The van der Waals surface area contributed by atoms with Crippen molar-refractivity contribution in [1.82, 2.24) is 0 Å². The van der Waals surface area contributed by atoms with Crippen molar-refractivity contribution in [2.75, 3.05) is 12.4 Å². The molecule has 0 aliphatic heterocycles. The van der Waals surface area contributed by atoms with Gasteiger partial charge in [0.05, 0.1) is 7.11 Å². The van der Waals surface area contributed by atoms with Crippen molar-refractivity contribution in [1.29, 1.82) is 0 Å². The van der Waals surface area contributed by atoms with E-state index in [-0.39, 0.29) is 5.91 Å². The van der Waals surface area contributed by atoms with E-state index in [0.29, 0.717) is 6.42 Å². The second-order valence-corrected chi connectivity index (χ2v) is 4.59. The lowest BCUT2D eigenvalue weighted by molar-refractivity contribution is -0.115. The number of methoxy groups -OCH3 is 1. The summed E-state index contributed by atoms with van der Waals surface area (Å²) < 4.78 is 5.39. The van der Waals surface area contributed by atoms with Crippen LogP contribution in [0.5, 0.6) is 5.75 Å². The Morgan fingerprint density at radius 1 is 1.15 bits per heavy atom. The average molecular weight is 269 g/mol. The van der Waals surface area contributed by atoms with Crippen molar-refractivity contribution in [3.8, 4) is 5.75 Å². The zero-order valence-electron chi connectivity index (χ0n) is 11.8. The van der Waals surface area contributed by atoms with Gasteiger partial charge in [-0.3, -0.25) is 4.79 Å². The van der Waals surface area contributed by atoms with Gasteiger partial charge in [-0.05, 0) is 23.8 Å². The van der Waals surface area contributed by atoms with Gasteiger partial charge in [-0.1, -0.05) is 37.3 Å². The zero-order valence-corrected chi connectivity index (χ0v) is 11.8. The molecule has 1 amide bonds. The molecule has 2 aromatic rings. The molecule has 0 radical (unpaired) electrons. The highest BCUT2D eigenvalue weighted by Gasteiger charge is 2.07. The molecule has 1 N–H and O–H groups in total. The molecule has 0 aliphatic rings. The topological polar surface area (TPSA) is 38.3 Å². The summed E-state index contributed by atoms with van der Waals surface area (Å²) in [6, 6.07) is 15.9. The van der Waals surface area contributed by atoms with Gasteiger partial charge in [0.15, 0.2) is 0 Å². The number of nitrogens with one attached hydrogen (secondary N) is 1. The van der Waals surface area contributed by atoms with Crippen LogP contribution in [0.4, 0.5) is 5.69 Å². The highest BCUT2D eigenvalue weighted by Crippen LogP contribution is 2.25. The van der Waals surface area contributed by atoms with E-state index in [1.165, 1.54) is 5.56 Å². The van der Waals surface area contributed by atoms with Crippen LogP contribution < -0.4 is 10.1 Å². The molecule has 0 fully saturated rings. The fourth-order valence-corrected chi connectivity index (χ4v) is 2.06. The molecule has 2 rings (SSSR count). The van der Waals surface area contributed by atoms with Crippen molar-refractivity contribution in [3.05, 3.63) is 59.7 Å². The number of amides is 1. The Bertz CT molecular complexity index is 579. The van der Waals surface area contributed by atoms with E-state index < -0.39 is 0 Å². The summed E-state index contributed by atoms with van der Waals surface area (Å²) in [6.07, 6.45) is 1.25. The number of carbonyl (C=O) groups is 1. The molecule has 0 unspecified atom stereocenters. The molecule has 2 aromatic carbocycles. The van der Waals surface area contributed by atoms with E-state index in [4.69, 9.17) is 4.74 Å². The van der Waals surface area contributed by atoms with Gasteiger partial charge in [0.1, 0.15) is 5.75 Å². The fourth-order valence-electron chi connectivity index (χ4n) is 2.06. The van der Waals surface area contributed by atoms with Gasteiger partial charge in [-0.15, -0.1) is 0 Å². The maximum absolute atomic E-state index is 11.5. The molecule has 0 aliphatic carbocycles. The van der Waals surface area contributed by atoms with E-state index in [2.05, 4.69) is 17.4 Å². The zero-order chi connectivity index (χ0) is 14.4. The minimum atomic E-state index is 0.0147. The quantitative estimate of drug-likeness (QED) is 0.900. The predicted molar refractivity (Wildman–Crippen MR) is 81.2 cm³/mol. The molecule has 20 heavy (non-hydrogen) atoms. The van der Waals surface area contributed by atoms with E-state index in [9.17, 15) is 4.79 Å². The first-order valence-corrected chi connectivity index (χ1v) is 6.73. The summed E-state index contributed by atoms with van der Waals surface area (Å²) in [6.45, 7) is 1.84. The molecule has 3 heteroatoms. The Morgan fingerprint density at radius 2 is 1.90 bits per heavy atom. The van der Waals surface area contributed by atoms with E-state index in [1.54, 1.807) is 7.11 Å². The maximum Gasteiger partial charge on any atom is 0.224 e. The number of hydrogen-bond acceptors (Lipinski definition) is 2. The highest BCUT2D eigenvalue weighted by molar-refractivity contribution is 5.90. The monoisotopic (exact) mass is 269 g/mol. The summed E-state index contributed by atoms with van der Waals surface area (Å²) in [7, 11) is 1.66. The van der Waals surface area contributed by atoms with Crippen LogP contribution in [0.25, 0.3) is 0 Å². The van der Waals surface area contributed by atoms with Crippen molar-refractivity contribution in [2.24, 2.45) is 0 Å². The largest absolute Gasteiger partial charge is 0.496 e. The number of rotatable bonds is 5. The summed E-state index contributed by atoms with van der Waals surface area (Å²) in [5.41, 5.74) is 3.08. The first-order valence-electron chi connectivity index (χ1n) is 6.73. The smallest absolute Gasteiger partial charge is 0.224 e. The second kappa shape index (κ2) is 6.75. The molecule has 0 bridgehead atoms. The van der Waals surface area contributed by atoms with E-state index in [1.807, 2.05) is 43.3 Å². The minimum Gasteiger partial charge on any atom is -0.496 e. The van der Waals surface area contributed by atoms with Crippen LogP contribution in [0.2, 0.25) is 0 Å². The van der Waals surface area contributed by atoms with Crippen molar-refractivity contribution in [2.45, 2.75) is 19.8 Å². The third kappa shape index (κ3) is 3.60. The Balaban J connectivity index is 2.25. The Kier molecular flexibility index (Phi) is 4.77. The summed E-state index contributed by atoms with van der Waals surface area (Å²) in [5, 5.41) is 2.87. The standard InChI is InChI=1S/C17H19NO2/c1-3-17(19)18-15-9-10-16(20-2)14(12-15)11-13-7-5-4-6-8-13/h4-10,12H,3,11H2,1-2H3,(H,18,19). The van der Waals surface area contributed by atoms with Crippen molar-refractivity contribution < 1.29 is 9.53 Å². The van der Waals surface area contributed by atoms with Gasteiger partial charge in [0.2, 0.25) is 5.91 Å². The molecular weight excluding hydrogens is 250 g/mol. The average Bonchev–Trinajstić information content (AvgIpc) is 2.48. The fraction of sp³-hybridized carbons (Fsp3) is 0.235. The van der Waals surface area contributed by atoms with Crippen LogP contribution in [0.3, 0.4) is 0 Å². The molecule has 0 heterocycles. The van der Waals surface area contributed by atoms with Crippen LogP contribution >= 0.6 is 0 Å². The molecule has 0 spiro atoms. The molecule has 0 aromatic heterocycles. The number of anilines is 1. The normalized spacial score (nSPS) is 10.1. The first-order chi connectivity index (χ1) is 9.72. The highest BCUT2D eigenvalue weighted by atomic mass is 16.5.